The van der Waals surface area contributed by atoms with Crippen LogP contribution in [0.15, 0.2) is 65.0 Å². The van der Waals surface area contributed by atoms with Crippen molar-refractivity contribution in [1.29, 1.82) is 0 Å². The molecular formula is C19H22Br2N6O. The number of imidazole rings is 1. The highest BCUT2D eigenvalue weighted by molar-refractivity contribution is 8.93. The lowest BCUT2D eigenvalue weighted by molar-refractivity contribution is -0.511. The third kappa shape index (κ3) is 5.11. The van der Waals surface area contributed by atoms with Gasteiger partial charge in [0.1, 0.15) is 11.9 Å². The number of aliphatic imine (C=N–C) groups is 1. The maximum absolute atomic E-state index is 5.92. The minimum Gasteiger partial charge on any atom is -1.00 e. The van der Waals surface area contributed by atoms with Crippen molar-refractivity contribution in [3.63, 3.8) is 0 Å². The van der Waals surface area contributed by atoms with Crippen LogP contribution in [0.4, 0.5) is 0 Å². The maximum Gasteiger partial charge on any atom is 0.286 e. The molecule has 0 atom stereocenters. The van der Waals surface area contributed by atoms with Crippen LogP contribution >= 0.6 is 17.0 Å². The molecule has 7 nitrogen and oxygen atoms in total. The van der Waals surface area contributed by atoms with E-state index >= 15 is 0 Å². The van der Waals surface area contributed by atoms with Crippen LogP contribution in [0.3, 0.4) is 0 Å². The van der Waals surface area contributed by atoms with Gasteiger partial charge in [-0.1, -0.05) is 6.07 Å². The van der Waals surface area contributed by atoms with Gasteiger partial charge >= 0.3 is 0 Å². The minimum absolute atomic E-state index is 0. The smallest absolute Gasteiger partial charge is 0.286 e. The molecule has 1 aliphatic heterocycles. The van der Waals surface area contributed by atoms with E-state index < -0.39 is 0 Å². The molecule has 0 unspecified atom stereocenters. The first-order valence-corrected chi connectivity index (χ1v) is 8.54. The number of guanidine groups is 1. The Labute approximate surface area is 184 Å². The van der Waals surface area contributed by atoms with Gasteiger partial charge in [-0.15, -0.1) is 17.0 Å². The molecule has 9 heteroatoms. The van der Waals surface area contributed by atoms with Crippen LogP contribution < -0.4 is 36.9 Å². The molecule has 3 aromatic rings. The normalized spacial score (nSPS) is 12.8. The fourth-order valence-electron chi connectivity index (χ4n) is 2.82. The molecule has 3 heterocycles. The van der Waals surface area contributed by atoms with Gasteiger partial charge in [-0.2, -0.15) is 5.10 Å². The van der Waals surface area contributed by atoms with Crippen molar-refractivity contribution < 1.29 is 26.1 Å². The molecule has 0 spiro atoms. The number of hydrazone groups is 1. The summed E-state index contributed by atoms with van der Waals surface area (Å²) in [6.07, 6.45) is 5.88. The molecule has 2 aromatic heterocycles. The average molecular weight is 510 g/mol. The third-order valence-electron chi connectivity index (χ3n) is 4.26. The van der Waals surface area contributed by atoms with Crippen molar-refractivity contribution in [3.05, 3.63) is 66.1 Å². The predicted molar refractivity (Wildman–Crippen MR) is 111 cm³/mol. The average Bonchev–Trinajstić information content (AvgIpc) is 3.30. The van der Waals surface area contributed by atoms with Crippen LogP contribution in [0.2, 0.25) is 0 Å². The number of aryl methyl sites for hydroxylation is 1. The summed E-state index contributed by atoms with van der Waals surface area (Å²) in [6.45, 7) is 2.16. The molecule has 0 saturated heterocycles. The first-order valence-electron chi connectivity index (χ1n) is 8.54. The number of nitrogens with one attached hydrogen (secondary N) is 2. The predicted octanol–water partition coefficient (Wildman–Crippen LogP) is -1.19. The van der Waals surface area contributed by atoms with E-state index in [1.165, 1.54) is 0 Å². The number of rotatable bonds is 5. The van der Waals surface area contributed by atoms with Crippen molar-refractivity contribution in [3.8, 4) is 5.75 Å². The number of fused-ring (bicyclic) bond motifs is 1. The SMILES string of the molecule is Br.Cn1c(COc2ccc(/C=N/NC3=NCCN3)cc2)c[n+]2ccccc12.[Br-]. The molecular weight excluding hydrogens is 488 g/mol. The van der Waals surface area contributed by atoms with Crippen molar-refractivity contribution in [2.75, 3.05) is 13.1 Å². The Morgan fingerprint density at radius 2 is 2.11 bits per heavy atom. The molecule has 0 bridgehead atoms. The number of aromatic nitrogens is 2. The summed E-state index contributed by atoms with van der Waals surface area (Å²) in [5.74, 6) is 1.54. The Morgan fingerprint density at radius 3 is 2.82 bits per heavy atom. The third-order valence-corrected chi connectivity index (χ3v) is 4.26. The van der Waals surface area contributed by atoms with Crippen molar-refractivity contribution in [2.24, 2.45) is 17.1 Å². The minimum atomic E-state index is 0. The van der Waals surface area contributed by atoms with Crippen LogP contribution in [-0.4, -0.2) is 29.8 Å². The number of pyridine rings is 1. The van der Waals surface area contributed by atoms with E-state index in [1.54, 1.807) is 6.21 Å². The molecule has 0 saturated carbocycles. The van der Waals surface area contributed by atoms with Gasteiger partial charge in [0.25, 0.3) is 5.65 Å². The molecule has 148 valence electrons. The van der Waals surface area contributed by atoms with Crippen LogP contribution in [0.5, 0.6) is 5.75 Å². The van der Waals surface area contributed by atoms with E-state index in [0.29, 0.717) is 12.6 Å². The van der Waals surface area contributed by atoms with E-state index in [9.17, 15) is 0 Å². The highest BCUT2D eigenvalue weighted by Gasteiger charge is 2.13. The van der Waals surface area contributed by atoms with E-state index in [1.807, 2.05) is 49.6 Å². The number of benzene rings is 1. The summed E-state index contributed by atoms with van der Waals surface area (Å²) in [6, 6.07) is 14.0. The summed E-state index contributed by atoms with van der Waals surface area (Å²) < 4.78 is 10.1. The first kappa shape index (κ1) is 21.9. The lowest BCUT2D eigenvalue weighted by atomic mass is 10.2. The number of nitrogens with zero attached hydrogens (tertiary/aromatic N) is 4. The van der Waals surface area contributed by atoms with Gasteiger partial charge in [0, 0.05) is 12.6 Å². The topological polar surface area (TPSA) is 67.0 Å². The lowest BCUT2D eigenvalue weighted by Crippen LogP contribution is -3.00. The molecule has 0 radical (unpaired) electrons. The van der Waals surface area contributed by atoms with Gasteiger partial charge in [0.15, 0.2) is 12.3 Å². The quantitative estimate of drug-likeness (QED) is 0.258. The van der Waals surface area contributed by atoms with Gasteiger partial charge in [-0.25, -0.2) is 19.4 Å². The zero-order valence-corrected chi connectivity index (χ0v) is 18.7. The van der Waals surface area contributed by atoms with Crippen LogP contribution in [0, 0.1) is 0 Å². The first-order chi connectivity index (χ1) is 12.8. The van der Waals surface area contributed by atoms with E-state index in [-0.39, 0.29) is 34.0 Å². The van der Waals surface area contributed by atoms with Crippen LogP contribution in [0.1, 0.15) is 11.3 Å². The Balaban J connectivity index is 0.00000140. The fourth-order valence-corrected chi connectivity index (χ4v) is 2.82. The molecule has 0 aliphatic carbocycles. The second-order valence-electron chi connectivity index (χ2n) is 6.03. The standard InChI is InChI=1S/C19H21N6O.2BrH/c1-24-16(13-25-11-3-2-4-18(24)25)14-26-17-7-5-15(6-8-17)12-22-23-19-20-9-10-21-19;;/h2-8,11-13H,9-10,14H2,1H3,(H2,20,21,23);2*1H/q+1;;/p-1/b22-12+;;. The Hall–Kier alpha value is -2.39. The molecule has 2 N–H and O–H groups in total. The zero-order chi connectivity index (χ0) is 17.8. The number of ether oxygens (including phenoxy) is 1. The largest absolute Gasteiger partial charge is 1.00 e. The summed E-state index contributed by atoms with van der Waals surface area (Å²) >= 11 is 0. The molecule has 4 rings (SSSR count). The number of hydrogen-bond donors (Lipinski definition) is 2. The highest BCUT2D eigenvalue weighted by atomic mass is 79.9. The van der Waals surface area contributed by atoms with Gasteiger partial charge in [0.05, 0.1) is 26.0 Å². The molecule has 1 aromatic carbocycles. The Morgan fingerprint density at radius 1 is 1.29 bits per heavy atom. The van der Waals surface area contributed by atoms with Crippen LogP contribution in [0.25, 0.3) is 5.65 Å². The summed E-state index contributed by atoms with van der Waals surface area (Å²) in [5.41, 5.74) is 6.11. The second-order valence-corrected chi connectivity index (χ2v) is 6.03. The number of hydrogen-bond acceptors (Lipinski definition) is 5. The van der Waals surface area contributed by atoms with Gasteiger partial charge < -0.3 is 27.0 Å². The van der Waals surface area contributed by atoms with E-state index in [2.05, 4.69) is 42.1 Å². The van der Waals surface area contributed by atoms with Crippen molar-refractivity contribution in [1.82, 2.24) is 15.3 Å². The summed E-state index contributed by atoms with van der Waals surface area (Å²) in [5, 5.41) is 7.27. The molecule has 28 heavy (non-hydrogen) atoms. The van der Waals surface area contributed by atoms with Crippen LogP contribution in [-0.2, 0) is 13.7 Å². The molecule has 1 aliphatic rings. The summed E-state index contributed by atoms with van der Waals surface area (Å²) in [7, 11) is 2.05. The number of halogens is 2. The van der Waals surface area contributed by atoms with Crippen molar-refractivity contribution >= 4 is 34.8 Å². The van der Waals surface area contributed by atoms with Gasteiger partial charge in [-0.05, 0) is 35.9 Å². The lowest BCUT2D eigenvalue weighted by Gasteiger charge is -2.04. The van der Waals surface area contributed by atoms with Crippen molar-refractivity contribution in [2.45, 2.75) is 6.61 Å². The molecule has 0 fully saturated rings. The maximum atomic E-state index is 5.92. The Bertz CT molecular complexity index is 968. The summed E-state index contributed by atoms with van der Waals surface area (Å²) in [4.78, 5) is 4.21. The fraction of sp³-hybridized carbons (Fsp3) is 0.211. The second kappa shape index (κ2) is 10.2. The van der Waals surface area contributed by atoms with Gasteiger partial charge in [0.2, 0.25) is 5.96 Å². The van der Waals surface area contributed by atoms with E-state index in [0.717, 1.165) is 35.7 Å². The van der Waals surface area contributed by atoms with E-state index in [4.69, 9.17) is 4.74 Å². The molecule has 0 amide bonds. The zero-order valence-electron chi connectivity index (χ0n) is 15.4. The van der Waals surface area contributed by atoms with Gasteiger partial charge in [-0.3, -0.25) is 0 Å². The Kier molecular flexibility index (Phi) is 8.01. The monoisotopic (exact) mass is 508 g/mol. The highest BCUT2D eigenvalue weighted by Crippen LogP contribution is 2.14.